The van der Waals surface area contributed by atoms with E-state index in [1.807, 2.05) is 6.07 Å². The molecule has 0 saturated carbocycles. The molecule has 0 unspecified atom stereocenters. The Morgan fingerprint density at radius 2 is 1.94 bits per heavy atom. The zero-order valence-electron chi connectivity index (χ0n) is 9.98. The molecule has 1 saturated heterocycles. The highest BCUT2D eigenvalue weighted by Gasteiger charge is 2.18. The van der Waals surface area contributed by atoms with Crippen LogP contribution in [0, 0.1) is 5.41 Å². The molecule has 94 valence electrons. The molecule has 0 aliphatic carbocycles. The summed E-state index contributed by atoms with van der Waals surface area (Å²) in [5.41, 5.74) is 1.74. The summed E-state index contributed by atoms with van der Waals surface area (Å²) in [5, 5.41) is 18.2. The van der Waals surface area contributed by atoms with Gasteiger partial charge in [0.15, 0.2) is 0 Å². The van der Waals surface area contributed by atoms with E-state index in [2.05, 4.69) is 0 Å². The molecular weight excluding hydrogens is 230 g/mol. The van der Waals surface area contributed by atoms with Gasteiger partial charge < -0.3 is 14.3 Å². The van der Waals surface area contributed by atoms with E-state index in [-0.39, 0.29) is 11.3 Å². The first-order chi connectivity index (χ1) is 8.74. The zero-order valence-corrected chi connectivity index (χ0v) is 9.98. The number of hydrogen-bond acceptors (Lipinski definition) is 4. The third kappa shape index (κ3) is 1.99. The minimum atomic E-state index is 0.103. The number of ether oxygens (including phenoxy) is 1. The second-order valence-corrected chi connectivity index (χ2v) is 4.64. The fourth-order valence-corrected chi connectivity index (χ4v) is 2.46. The normalized spacial score (nSPS) is 17.1. The highest BCUT2D eigenvalue weighted by molar-refractivity contribution is 5.83. The van der Waals surface area contributed by atoms with E-state index in [0.29, 0.717) is 16.9 Å². The van der Waals surface area contributed by atoms with Crippen molar-refractivity contribution in [2.24, 2.45) is 0 Å². The molecule has 0 atom stereocenters. The molecule has 0 amide bonds. The molecule has 18 heavy (non-hydrogen) atoms. The first kappa shape index (κ1) is 11.3. The van der Waals surface area contributed by atoms with Crippen molar-refractivity contribution in [3.05, 3.63) is 35.4 Å². The van der Waals surface area contributed by atoms with Crippen LogP contribution in [0.3, 0.4) is 0 Å². The van der Waals surface area contributed by atoms with Gasteiger partial charge in [-0.05, 0) is 42.5 Å². The van der Waals surface area contributed by atoms with E-state index in [0.717, 1.165) is 31.6 Å². The molecule has 1 aromatic heterocycles. The third-order valence-corrected chi connectivity index (χ3v) is 3.46. The standard InChI is InChI=1S/C14H15NO3/c15-14-2-1-11-12(16)7-10(8-13(11)18-14)9-3-5-17-6-4-9/h1-2,7-9,15-16H,3-6H2. The predicted octanol–water partition coefficient (Wildman–Crippen LogP) is 2.51. The van der Waals surface area contributed by atoms with Crippen molar-refractivity contribution in [1.29, 1.82) is 5.41 Å². The van der Waals surface area contributed by atoms with E-state index in [1.165, 1.54) is 6.07 Å². The van der Waals surface area contributed by atoms with Gasteiger partial charge in [0.05, 0.1) is 5.39 Å². The van der Waals surface area contributed by atoms with Gasteiger partial charge in [-0.2, -0.15) is 0 Å². The molecule has 1 aliphatic rings. The van der Waals surface area contributed by atoms with Crippen molar-refractivity contribution < 1.29 is 14.3 Å². The predicted molar refractivity (Wildman–Crippen MR) is 66.5 cm³/mol. The maximum Gasteiger partial charge on any atom is 0.211 e. The zero-order chi connectivity index (χ0) is 12.5. The number of phenolic OH excluding ortho intramolecular Hbond substituents is 1. The SMILES string of the molecule is N=c1ccc2c(O)cc(C3CCOCC3)cc2o1. The van der Waals surface area contributed by atoms with Crippen molar-refractivity contribution in [2.45, 2.75) is 18.8 Å². The van der Waals surface area contributed by atoms with Gasteiger partial charge in [0.2, 0.25) is 5.55 Å². The Bertz CT molecular complexity index is 626. The van der Waals surface area contributed by atoms with Crippen molar-refractivity contribution >= 4 is 11.0 Å². The Hall–Kier alpha value is -1.81. The largest absolute Gasteiger partial charge is 0.507 e. The fraction of sp³-hybridized carbons (Fsp3) is 0.357. The van der Waals surface area contributed by atoms with Crippen LogP contribution in [0.15, 0.2) is 28.7 Å². The Kier molecular flexibility index (Phi) is 2.80. The Balaban J connectivity index is 2.10. The molecule has 4 heteroatoms. The third-order valence-electron chi connectivity index (χ3n) is 3.46. The summed E-state index contributed by atoms with van der Waals surface area (Å²) in [6, 6.07) is 6.99. The van der Waals surface area contributed by atoms with Crippen molar-refractivity contribution in [2.75, 3.05) is 13.2 Å². The van der Waals surface area contributed by atoms with Gasteiger partial charge in [0.1, 0.15) is 11.3 Å². The fourth-order valence-electron chi connectivity index (χ4n) is 2.46. The molecular formula is C14H15NO3. The highest BCUT2D eigenvalue weighted by Crippen LogP contribution is 2.33. The molecule has 3 rings (SSSR count). The summed E-state index contributed by atoms with van der Waals surface area (Å²) in [7, 11) is 0. The molecule has 0 spiro atoms. The average Bonchev–Trinajstić information content (AvgIpc) is 2.39. The van der Waals surface area contributed by atoms with Crippen LogP contribution in [0.4, 0.5) is 0 Å². The number of phenols is 1. The topological polar surface area (TPSA) is 66.5 Å². The van der Waals surface area contributed by atoms with E-state index in [9.17, 15) is 5.11 Å². The van der Waals surface area contributed by atoms with Crippen LogP contribution < -0.4 is 5.55 Å². The minimum absolute atomic E-state index is 0.103. The van der Waals surface area contributed by atoms with Crippen LogP contribution in [0.1, 0.15) is 24.3 Å². The lowest BCUT2D eigenvalue weighted by Gasteiger charge is -2.22. The summed E-state index contributed by atoms with van der Waals surface area (Å²) in [4.78, 5) is 0. The van der Waals surface area contributed by atoms with Crippen molar-refractivity contribution in [1.82, 2.24) is 0 Å². The molecule has 4 nitrogen and oxygen atoms in total. The van der Waals surface area contributed by atoms with Gasteiger partial charge >= 0.3 is 0 Å². The molecule has 1 aliphatic heterocycles. The average molecular weight is 245 g/mol. The summed E-state index contributed by atoms with van der Waals surface area (Å²) in [6.07, 6.45) is 1.93. The number of rotatable bonds is 1. The van der Waals surface area contributed by atoms with Crippen molar-refractivity contribution in [3.8, 4) is 5.75 Å². The lowest BCUT2D eigenvalue weighted by atomic mass is 9.91. The molecule has 0 bridgehead atoms. The molecule has 2 aromatic rings. The Morgan fingerprint density at radius 1 is 1.17 bits per heavy atom. The number of nitrogens with one attached hydrogen (secondary N) is 1. The van der Waals surface area contributed by atoms with Gasteiger partial charge in [-0.3, -0.25) is 5.41 Å². The quantitative estimate of drug-likeness (QED) is 0.811. The van der Waals surface area contributed by atoms with E-state index in [4.69, 9.17) is 14.6 Å². The number of benzene rings is 1. The van der Waals surface area contributed by atoms with E-state index < -0.39 is 0 Å². The van der Waals surface area contributed by atoms with E-state index in [1.54, 1.807) is 12.1 Å². The van der Waals surface area contributed by atoms with Gasteiger partial charge in [-0.25, -0.2) is 0 Å². The van der Waals surface area contributed by atoms with Crippen LogP contribution in [0.2, 0.25) is 0 Å². The monoisotopic (exact) mass is 245 g/mol. The molecule has 2 heterocycles. The Morgan fingerprint density at radius 3 is 2.72 bits per heavy atom. The second-order valence-electron chi connectivity index (χ2n) is 4.64. The Labute approximate surface area is 104 Å². The molecule has 2 N–H and O–H groups in total. The summed E-state index contributed by atoms with van der Waals surface area (Å²) < 4.78 is 10.7. The van der Waals surface area contributed by atoms with Crippen LogP contribution in [-0.4, -0.2) is 18.3 Å². The maximum absolute atomic E-state index is 10.0. The van der Waals surface area contributed by atoms with Crippen LogP contribution in [0.25, 0.3) is 11.0 Å². The summed E-state index contributed by atoms with van der Waals surface area (Å²) in [6.45, 7) is 1.53. The van der Waals surface area contributed by atoms with Crippen LogP contribution in [0.5, 0.6) is 5.75 Å². The summed E-state index contributed by atoms with van der Waals surface area (Å²) in [5.74, 6) is 0.622. The molecule has 1 fully saturated rings. The van der Waals surface area contributed by atoms with Gasteiger partial charge in [-0.1, -0.05) is 0 Å². The first-order valence-electron chi connectivity index (χ1n) is 6.13. The van der Waals surface area contributed by atoms with Gasteiger partial charge in [-0.15, -0.1) is 0 Å². The summed E-state index contributed by atoms with van der Waals surface area (Å²) >= 11 is 0. The minimum Gasteiger partial charge on any atom is -0.507 e. The number of aromatic hydroxyl groups is 1. The molecule has 1 aromatic carbocycles. The lowest BCUT2D eigenvalue weighted by molar-refractivity contribution is 0.0853. The number of hydrogen-bond donors (Lipinski definition) is 2. The van der Waals surface area contributed by atoms with Crippen LogP contribution in [-0.2, 0) is 4.74 Å². The van der Waals surface area contributed by atoms with Gasteiger partial charge in [0, 0.05) is 19.3 Å². The lowest BCUT2D eigenvalue weighted by Crippen LogP contribution is -2.14. The van der Waals surface area contributed by atoms with Gasteiger partial charge in [0.25, 0.3) is 0 Å². The smallest absolute Gasteiger partial charge is 0.211 e. The molecule has 0 radical (unpaired) electrons. The second kappa shape index (κ2) is 4.46. The number of fused-ring (bicyclic) bond motifs is 1. The van der Waals surface area contributed by atoms with Crippen LogP contribution >= 0.6 is 0 Å². The maximum atomic E-state index is 10.0. The van der Waals surface area contributed by atoms with Crippen molar-refractivity contribution in [3.63, 3.8) is 0 Å². The van der Waals surface area contributed by atoms with E-state index >= 15 is 0 Å². The first-order valence-corrected chi connectivity index (χ1v) is 6.13. The highest BCUT2D eigenvalue weighted by atomic mass is 16.5.